The first-order valence-electron chi connectivity index (χ1n) is 12.4. The molecular weight excluding hydrogens is 464 g/mol. The number of nitrogens with zero attached hydrogens (tertiary/aromatic N) is 1. The van der Waals surface area contributed by atoms with Gasteiger partial charge in [-0.05, 0) is 68.0 Å². The highest BCUT2D eigenvalue weighted by Gasteiger charge is 2.47. The minimum absolute atomic E-state index is 0.0380. The monoisotopic (exact) mass is 494 g/mol. The molecule has 0 bridgehead atoms. The van der Waals surface area contributed by atoms with Crippen molar-refractivity contribution in [3.63, 3.8) is 0 Å². The zero-order valence-electron chi connectivity index (χ0n) is 19.9. The summed E-state index contributed by atoms with van der Waals surface area (Å²) in [5, 5.41) is 13.2. The number of fused-ring (bicyclic) bond motifs is 1. The number of phenols is 1. The lowest BCUT2D eigenvalue weighted by molar-refractivity contribution is -0.137. The number of carbonyl (C=O) groups is 2. The lowest BCUT2D eigenvalue weighted by atomic mass is 9.98. The van der Waals surface area contributed by atoms with Gasteiger partial charge in [0, 0.05) is 17.5 Å². The van der Waals surface area contributed by atoms with Crippen molar-refractivity contribution in [1.82, 2.24) is 10.2 Å². The van der Waals surface area contributed by atoms with Crippen LogP contribution in [0.15, 0.2) is 48.5 Å². The number of hydrogen-bond donors (Lipinski definition) is 2. The summed E-state index contributed by atoms with van der Waals surface area (Å²) >= 11 is 6.50. The Hall–Kier alpha value is -2.83. The SMILES string of the molecule is C/C(=C\C[C@@H]1C[C@H]2CO[C@H](c3ccc(C(=O)NC4CCCC4)c(Cl)c3)N2C1=O)c1cccc(O)c1. The molecule has 2 aliphatic heterocycles. The van der Waals surface area contributed by atoms with Gasteiger partial charge in [0.25, 0.3) is 5.91 Å². The van der Waals surface area contributed by atoms with E-state index < -0.39 is 6.23 Å². The Morgan fingerprint density at radius 2 is 2.03 bits per heavy atom. The average Bonchev–Trinajstić information content (AvgIpc) is 3.56. The van der Waals surface area contributed by atoms with E-state index in [-0.39, 0.29) is 35.6 Å². The number of ether oxygens (including phenoxy) is 1. The minimum atomic E-state index is -0.488. The number of rotatable bonds is 6. The molecule has 6 nitrogen and oxygen atoms in total. The van der Waals surface area contributed by atoms with Crippen LogP contribution in [0.2, 0.25) is 5.02 Å². The molecule has 2 aromatic carbocycles. The first-order valence-corrected chi connectivity index (χ1v) is 12.8. The lowest BCUT2D eigenvalue weighted by Crippen LogP contribution is -2.33. The van der Waals surface area contributed by atoms with Crippen LogP contribution in [0, 0.1) is 5.92 Å². The van der Waals surface area contributed by atoms with E-state index in [1.54, 1.807) is 24.3 Å². The Morgan fingerprint density at radius 1 is 1.23 bits per heavy atom. The number of phenolic OH excluding ortho intramolecular Hbond substituents is 1. The van der Waals surface area contributed by atoms with Gasteiger partial charge < -0.3 is 20.1 Å². The molecule has 184 valence electrons. The Kier molecular flexibility index (Phi) is 6.85. The van der Waals surface area contributed by atoms with Gasteiger partial charge in [0.2, 0.25) is 5.91 Å². The van der Waals surface area contributed by atoms with Gasteiger partial charge in [-0.2, -0.15) is 0 Å². The van der Waals surface area contributed by atoms with Crippen LogP contribution in [-0.4, -0.2) is 40.5 Å². The predicted molar refractivity (Wildman–Crippen MR) is 135 cm³/mol. The van der Waals surface area contributed by atoms with Crippen molar-refractivity contribution in [2.45, 2.75) is 63.8 Å². The predicted octanol–water partition coefficient (Wildman–Crippen LogP) is 5.46. The van der Waals surface area contributed by atoms with Crippen molar-refractivity contribution in [2.75, 3.05) is 6.61 Å². The molecular formula is C28H31ClN2O4. The summed E-state index contributed by atoms with van der Waals surface area (Å²) in [6, 6.07) is 12.7. The van der Waals surface area contributed by atoms with Crippen molar-refractivity contribution in [3.05, 3.63) is 70.3 Å². The van der Waals surface area contributed by atoms with Gasteiger partial charge in [-0.15, -0.1) is 0 Å². The van der Waals surface area contributed by atoms with Gasteiger partial charge in [0.1, 0.15) is 5.75 Å². The molecule has 5 rings (SSSR count). The summed E-state index contributed by atoms with van der Waals surface area (Å²) in [6.07, 6.45) is 7.29. The van der Waals surface area contributed by atoms with Gasteiger partial charge in [0.15, 0.2) is 6.23 Å². The van der Waals surface area contributed by atoms with Crippen LogP contribution in [0.4, 0.5) is 0 Å². The highest BCUT2D eigenvalue weighted by Crippen LogP contribution is 2.41. The summed E-state index contributed by atoms with van der Waals surface area (Å²) in [5.41, 5.74) is 3.22. The highest BCUT2D eigenvalue weighted by atomic mass is 35.5. The van der Waals surface area contributed by atoms with E-state index in [0.717, 1.165) is 48.8 Å². The van der Waals surface area contributed by atoms with Crippen LogP contribution in [0.3, 0.4) is 0 Å². The van der Waals surface area contributed by atoms with Crippen LogP contribution < -0.4 is 5.32 Å². The minimum Gasteiger partial charge on any atom is -0.508 e. The standard InChI is InChI=1S/C28H31ClN2O4/c1-17(18-5-4-8-23(32)14-18)9-10-19-13-22-16-35-28(31(22)27(19)34)20-11-12-24(25(29)15-20)26(33)30-21-6-2-3-7-21/h4-5,8-9,11-12,14-15,19,21-22,28,32H,2-3,6-7,10,13,16H2,1H3,(H,30,33)/b17-9+/t19-,22+,28-/m1/s1. The number of allylic oxidation sites excluding steroid dienone is 2. The Balaban J connectivity index is 1.26. The zero-order valence-corrected chi connectivity index (χ0v) is 20.6. The molecule has 0 unspecified atom stereocenters. The second-order valence-electron chi connectivity index (χ2n) is 9.88. The molecule has 1 aliphatic carbocycles. The fourth-order valence-electron chi connectivity index (χ4n) is 5.52. The fraction of sp³-hybridized carbons (Fsp3) is 0.429. The van der Waals surface area contributed by atoms with Gasteiger partial charge in [-0.25, -0.2) is 0 Å². The molecule has 1 saturated carbocycles. The maximum absolute atomic E-state index is 13.3. The summed E-state index contributed by atoms with van der Waals surface area (Å²) in [5.74, 6) is 0.0561. The van der Waals surface area contributed by atoms with Crippen molar-refractivity contribution in [2.24, 2.45) is 5.92 Å². The molecule has 3 aliphatic rings. The van der Waals surface area contributed by atoms with Crippen molar-refractivity contribution in [3.8, 4) is 5.75 Å². The van der Waals surface area contributed by atoms with E-state index in [1.807, 2.05) is 30.0 Å². The molecule has 7 heteroatoms. The van der Waals surface area contributed by atoms with Crippen LogP contribution in [0.1, 0.15) is 73.2 Å². The highest BCUT2D eigenvalue weighted by molar-refractivity contribution is 6.33. The second kappa shape index (κ2) is 10.0. The Bertz CT molecular complexity index is 1160. The van der Waals surface area contributed by atoms with Crippen molar-refractivity contribution < 1.29 is 19.4 Å². The third-order valence-corrected chi connectivity index (χ3v) is 7.79. The van der Waals surface area contributed by atoms with Crippen LogP contribution in [0.5, 0.6) is 5.75 Å². The molecule has 2 aromatic rings. The molecule has 3 fully saturated rings. The second-order valence-corrected chi connectivity index (χ2v) is 10.3. The van der Waals surface area contributed by atoms with E-state index in [0.29, 0.717) is 23.6 Å². The topological polar surface area (TPSA) is 78.9 Å². The fourth-order valence-corrected chi connectivity index (χ4v) is 5.79. The largest absolute Gasteiger partial charge is 0.508 e. The third-order valence-electron chi connectivity index (χ3n) is 7.48. The molecule has 2 N–H and O–H groups in total. The molecule has 0 aromatic heterocycles. The van der Waals surface area contributed by atoms with E-state index in [4.69, 9.17) is 16.3 Å². The normalized spacial score (nSPS) is 24.7. The summed E-state index contributed by atoms with van der Waals surface area (Å²) in [7, 11) is 0. The quantitative estimate of drug-likeness (QED) is 0.559. The summed E-state index contributed by atoms with van der Waals surface area (Å²) < 4.78 is 6.00. The van der Waals surface area contributed by atoms with E-state index in [9.17, 15) is 14.7 Å². The van der Waals surface area contributed by atoms with Crippen molar-refractivity contribution >= 4 is 29.0 Å². The van der Waals surface area contributed by atoms with E-state index >= 15 is 0 Å². The van der Waals surface area contributed by atoms with Crippen LogP contribution >= 0.6 is 11.6 Å². The number of nitrogens with one attached hydrogen (secondary N) is 1. The molecule has 0 radical (unpaired) electrons. The Labute approximate surface area is 210 Å². The maximum Gasteiger partial charge on any atom is 0.253 e. The Morgan fingerprint density at radius 3 is 2.77 bits per heavy atom. The molecule has 2 heterocycles. The number of hydrogen-bond acceptors (Lipinski definition) is 4. The van der Waals surface area contributed by atoms with E-state index in [2.05, 4.69) is 11.4 Å². The third kappa shape index (κ3) is 4.95. The molecule has 2 amide bonds. The molecule has 3 atom stereocenters. The van der Waals surface area contributed by atoms with Crippen molar-refractivity contribution in [1.29, 1.82) is 0 Å². The van der Waals surface area contributed by atoms with Gasteiger partial charge in [-0.3, -0.25) is 9.59 Å². The molecule has 2 saturated heterocycles. The smallest absolute Gasteiger partial charge is 0.253 e. The van der Waals surface area contributed by atoms with Gasteiger partial charge >= 0.3 is 0 Å². The van der Waals surface area contributed by atoms with Crippen LogP contribution in [0.25, 0.3) is 5.57 Å². The van der Waals surface area contributed by atoms with Gasteiger partial charge in [-0.1, -0.05) is 48.7 Å². The lowest BCUT2D eigenvalue weighted by Gasteiger charge is -2.24. The first kappa shape index (κ1) is 23.9. The summed E-state index contributed by atoms with van der Waals surface area (Å²) in [6.45, 7) is 2.48. The zero-order chi connectivity index (χ0) is 24.5. The average molecular weight is 495 g/mol. The first-order chi connectivity index (χ1) is 16.9. The molecule has 0 spiro atoms. The maximum atomic E-state index is 13.3. The molecule has 35 heavy (non-hydrogen) atoms. The summed E-state index contributed by atoms with van der Waals surface area (Å²) in [4.78, 5) is 27.8. The number of carbonyl (C=O) groups excluding carboxylic acids is 2. The number of benzene rings is 2. The number of halogens is 1. The van der Waals surface area contributed by atoms with E-state index in [1.165, 1.54) is 0 Å². The van der Waals surface area contributed by atoms with Crippen LogP contribution in [-0.2, 0) is 9.53 Å². The number of aromatic hydroxyl groups is 1. The van der Waals surface area contributed by atoms with Gasteiger partial charge in [0.05, 0.1) is 23.2 Å². The number of amides is 2.